The molecule has 2 rings (SSSR count). The van der Waals surface area contributed by atoms with Gasteiger partial charge in [-0.25, -0.2) is 4.39 Å². The Kier molecular flexibility index (Phi) is 3.55. The second-order valence-corrected chi connectivity index (χ2v) is 6.15. The van der Waals surface area contributed by atoms with Crippen LogP contribution in [0.3, 0.4) is 0 Å². The maximum atomic E-state index is 13.0. The van der Waals surface area contributed by atoms with Gasteiger partial charge in [0.2, 0.25) is 0 Å². The van der Waals surface area contributed by atoms with Crippen molar-refractivity contribution in [3.8, 4) is 0 Å². The van der Waals surface area contributed by atoms with Gasteiger partial charge in [-0.2, -0.15) is 11.8 Å². The first-order valence-electron chi connectivity index (χ1n) is 5.74. The first kappa shape index (κ1) is 11.9. The Morgan fingerprint density at radius 1 is 1.50 bits per heavy atom. The first-order chi connectivity index (χ1) is 7.65. The van der Waals surface area contributed by atoms with Crippen molar-refractivity contribution in [2.45, 2.75) is 30.9 Å². The lowest BCUT2D eigenvalue weighted by molar-refractivity contribution is 0.561. The lowest BCUT2D eigenvalue weighted by atomic mass is 9.92. The molecule has 2 N–H and O–H groups in total. The summed E-state index contributed by atoms with van der Waals surface area (Å²) in [5.74, 6) is 1.05. The number of aryl methyl sites for hydroxylation is 1. The van der Waals surface area contributed by atoms with Crippen LogP contribution in [0, 0.1) is 12.7 Å². The predicted molar refractivity (Wildman–Crippen MR) is 68.3 cm³/mol. The van der Waals surface area contributed by atoms with Gasteiger partial charge in [-0.15, -0.1) is 0 Å². The van der Waals surface area contributed by atoms with E-state index in [1.165, 1.54) is 24.2 Å². The normalized spacial score (nSPS) is 24.9. The molecule has 0 bridgehead atoms. The van der Waals surface area contributed by atoms with Crippen molar-refractivity contribution in [1.82, 2.24) is 0 Å². The van der Waals surface area contributed by atoms with Crippen molar-refractivity contribution in [3.63, 3.8) is 0 Å². The molecular weight excluding hydrogens is 221 g/mol. The smallest absolute Gasteiger partial charge is 0.123 e. The molecule has 1 aliphatic rings. The van der Waals surface area contributed by atoms with E-state index in [-0.39, 0.29) is 10.6 Å². The topological polar surface area (TPSA) is 26.0 Å². The Morgan fingerprint density at radius 2 is 2.31 bits per heavy atom. The Morgan fingerprint density at radius 3 is 2.88 bits per heavy atom. The summed E-state index contributed by atoms with van der Waals surface area (Å²) in [6.45, 7) is 2.69. The monoisotopic (exact) mass is 239 g/mol. The molecule has 3 heteroatoms. The highest BCUT2D eigenvalue weighted by molar-refractivity contribution is 8.00. The summed E-state index contributed by atoms with van der Waals surface area (Å²) in [7, 11) is 0. The number of hydrogen-bond donors (Lipinski definition) is 1. The SMILES string of the molecule is Cc1cc(F)ccc1CC1(CN)CCCS1. The molecule has 0 aliphatic carbocycles. The average Bonchev–Trinajstić information content (AvgIpc) is 2.72. The number of thioether (sulfide) groups is 1. The highest BCUT2D eigenvalue weighted by Gasteiger charge is 2.33. The molecule has 0 amide bonds. The van der Waals surface area contributed by atoms with E-state index in [4.69, 9.17) is 5.73 Å². The highest BCUT2D eigenvalue weighted by Crippen LogP contribution is 2.40. The predicted octanol–water partition coefficient (Wildman–Crippen LogP) is 2.90. The Labute approximate surface area is 101 Å². The van der Waals surface area contributed by atoms with Crippen LogP contribution >= 0.6 is 11.8 Å². The van der Waals surface area contributed by atoms with Crippen LogP contribution in [0.2, 0.25) is 0 Å². The summed E-state index contributed by atoms with van der Waals surface area (Å²) < 4.78 is 13.2. The van der Waals surface area contributed by atoms with Gasteiger partial charge in [-0.05, 0) is 55.2 Å². The van der Waals surface area contributed by atoms with Crippen LogP contribution in [0.5, 0.6) is 0 Å². The molecule has 1 heterocycles. The molecule has 1 aliphatic heterocycles. The average molecular weight is 239 g/mol. The largest absolute Gasteiger partial charge is 0.329 e. The van der Waals surface area contributed by atoms with Gasteiger partial charge in [0, 0.05) is 11.3 Å². The third kappa shape index (κ3) is 2.41. The minimum absolute atomic E-state index is 0.151. The van der Waals surface area contributed by atoms with Gasteiger partial charge >= 0.3 is 0 Å². The molecule has 1 aromatic carbocycles. The van der Waals surface area contributed by atoms with Gasteiger partial charge in [0.15, 0.2) is 0 Å². The summed E-state index contributed by atoms with van der Waals surface area (Å²) in [6, 6.07) is 5.06. The number of rotatable bonds is 3. The molecule has 16 heavy (non-hydrogen) atoms. The van der Waals surface area contributed by atoms with Gasteiger partial charge < -0.3 is 5.73 Å². The second kappa shape index (κ2) is 4.76. The third-order valence-electron chi connectivity index (χ3n) is 3.37. The number of halogens is 1. The quantitative estimate of drug-likeness (QED) is 0.877. The van der Waals surface area contributed by atoms with Crippen LogP contribution in [-0.2, 0) is 6.42 Å². The fourth-order valence-electron chi connectivity index (χ4n) is 2.33. The van der Waals surface area contributed by atoms with Crippen LogP contribution in [-0.4, -0.2) is 17.0 Å². The summed E-state index contributed by atoms with van der Waals surface area (Å²) in [5, 5.41) is 0. The van der Waals surface area contributed by atoms with Gasteiger partial charge in [0.05, 0.1) is 0 Å². The van der Waals surface area contributed by atoms with Crippen molar-refractivity contribution in [2.75, 3.05) is 12.3 Å². The fraction of sp³-hybridized carbons (Fsp3) is 0.538. The van der Waals surface area contributed by atoms with E-state index in [0.717, 1.165) is 12.0 Å². The standard InChI is InChI=1S/C13H18FNS/c1-10-7-12(14)4-3-11(10)8-13(9-15)5-2-6-16-13/h3-4,7H,2,5-6,8-9,15H2,1H3. The number of nitrogens with two attached hydrogens (primary N) is 1. The van der Waals surface area contributed by atoms with Crippen LogP contribution in [0.1, 0.15) is 24.0 Å². The molecule has 1 unspecified atom stereocenters. The van der Waals surface area contributed by atoms with Gasteiger partial charge in [-0.1, -0.05) is 6.07 Å². The molecular formula is C13H18FNS. The Hall–Kier alpha value is -0.540. The minimum Gasteiger partial charge on any atom is -0.329 e. The van der Waals surface area contributed by atoms with Crippen LogP contribution in [0.4, 0.5) is 4.39 Å². The molecule has 0 saturated carbocycles. The number of benzene rings is 1. The molecule has 1 aromatic rings. The molecule has 1 nitrogen and oxygen atoms in total. The van der Waals surface area contributed by atoms with Crippen molar-refractivity contribution in [2.24, 2.45) is 5.73 Å². The molecule has 0 aromatic heterocycles. The van der Waals surface area contributed by atoms with Crippen LogP contribution in [0.15, 0.2) is 18.2 Å². The van der Waals surface area contributed by atoms with Crippen molar-refractivity contribution < 1.29 is 4.39 Å². The number of hydrogen-bond acceptors (Lipinski definition) is 2. The van der Waals surface area contributed by atoms with E-state index >= 15 is 0 Å². The third-order valence-corrected chi connectivity index (χ3v) is 4.99. The summed E-state index contributed by atoms with van der Waals surface area (Å²) in [5.41, 5.74) is 8.18. The maximum absolute atomic E-state index is 13.0. The van der Waals surface area contributed by atoms with E-state index in [2.05, 4.69) is 0 Å². The summed E-state index contributed by atoms with van der Waals surface area (Å²) in [4.78, 5) is 0. The molecule has 1 saturated heterocycles. The van der Waals surface area contributed by atoms with E-state index in [0.29, 0.717) is 6.54 Å². The summed E-state index contributed by atoms with van der Waals surface area (Å²) in [6.07, 6.45) is 3.41. The second-order valence-electron chi connectivity index (χ2n) is 4.59. The lowest BCUT2D eigenvalue weighted by Crippen LogP contribution is -2.34. The Balaban J connectivity index is 2.19. The van der Waals surface area contributed by atoms with Crippen LogP contribution in [0.25, 0.3) is 0 Å². The van der Waals surface area contributed by atoms with Gasteiger partial charge in [0.25, 0.3) is 0 Å². The molecule has 0 spiro atoms. The summed E-state index contributed by atoms with van der Waals surface area (Å²) >= 11 is 1.98. The zero-order valence-electron chi connectivity index (χ0n) is 9.63. The first-order valence-corrected chi connectivity index (χ1v) is 6.73. The molecule has 88 valence electrons. The fourth-order valence-corrected chi connectivity index (χ4v) is 3.72. The van der Waals surface area contributed by atoms with E-state index < -0.39 is 0 Å². The van der Waals surface area contributed by atoms with E-state index in [9.17, 15) is 4.39 Å². The molecule has 1 fully saturated rings. The van der Waals surface area contributed by atoms with E-state index in [1.807, 2.05) is 24.8 Å². The van der Waals surface area contributed by atoms with Crippen molar-refractivity contribution in [1.29, 1.82) is 0 Å². The molecule has 1 atom stereocenters. The lowest BCUT2D eigenvalue weighted by Gasteiger charge is -2.27. The van der Waals surface area contributed by atoms with Crippen LogP contribution < -0.4 is 5.73 Å². The maximum Gasteiger partial charge on any atom is 0.123 e. The highest BCUT2D eigenvalue weighted by atomic mass is 32.2. The van der Waals surface area contributed by atoms with Crippen molar-refractivity contribution in [3.05, 3.63) is 35.1 Å². The minimum atomic E-state index is -0.151. The Bertz CT molecular complexity index is 372. The molecule has 0 radical (unpaired) electrons. The van der Waals surface area contributed by atoms with Gasteiger partial charge in [0.1, 0.15) is 5.82 Å². The van der Waals surface area contributed by atoms with Gasteiger partial charge in [-0.3, -0.25) is 0 Å². The zero-order valence-corrected chi connectivity index (χ0v) is 10.4. The van der Waals surface area contributed by atoms with E-state index in [1.54, 1.807) is 12.1 Å². The van der Waals surface area contributed by atoms with Crippen molar-refractivity contribution >= 4 is 11.8 Å². The zero-order chi connectivity index (χ0) is 11.6.